The Balaban J connectivity index is 1.60. The van der Waals surface area contributed by atoms with Crippen LogP contribution < -0.4 is 10.6 Å². The number of ether oxygens (including phenoxy) is 1. The van der Waals surface area contributed by atoms with E-state index in [0.717, 1.165) is 32.7 Å². The highest BCUT2D eigenvalue weighted by Crippen LogP contribution is 1.99. The maximum atomic E-state index is 11.9. The third-order valence-electron chi connectivity index (χ3n) is 3.51. The molecule has 1 saturated heterocycles. The predicted octanol–water partition coefficient (Wildman–Crippen LogP) is 0.266. The van der Waals surface area contributed by atoms with E-state index in [1.165, 1.54) is 5.56 Å². The fraction of sp³-hybridized carbons (Fsp3) is 0.562. The Kier molecular flexibility index (Phi) is 6.66. The molecule has 1 heterocycles. The fourth-order valence-electron chi connectivity index (χ4n) is 2.44. The number of amides is 1. The van der Waals surface area contributed by atoms with Crippen molar-refractivity contribution in [2.45, 2.75) is 12.5 Å². The molecule has 0 radical (unpaired) electrons. The van der Waals surface area contributed by atoms with Crippen LogP contribution in [0.3, 0.4) is 0 Å². The molecule has 1 atom stereocenters. The average molecular weight is 291 g/mol. The minimum absolute atomic E-state index is 0.0669. The second kappa shape index (κ2) is 8.77. The van der Waals surface area contributed by atoms with Crippen molar-refractivity contribution in [2.75, 3.05) is 46.4 Å². The van der Waals surface area contributed by atoms with E-state index < -0.39 is 0 Å². The van der Waals surface area contributed by atoms with Crippen LogP contribution in [0.25, 0.3) is 0 Å². The summed E-state index contributed by atoms with van der Waals surface area (Å²) >= 11 is 0. The van der Waals surface area contributed by atoms with Gasteiger partial charge >= 0.3 is 0 Å². The van der Waals surface area contributed by atoms with Crippen LogP contribution in [0.4, 0.5) is 0 Å². The molecule has 0 aliphatic carbocycles. The summed E-state index contributed by atoms with van der Waals surface area (Å²) in [7, 11) is 1.95. The normalized spacial score (nSPS) is 18.7. The molecule has 1 amide bonds. The summed E-state index contributed by atoms with van der Waals surface area (Å²) in [6.45, 7) is 4.40. The minimum atomic E-state index is 0.0669. The molecular formula is C16H25N3O2. The first kappa shape index (κ1) is 15.9. The molecule has 2 N–H and O–H groups in total. The number of carbonyl (C=O) groups excluding carboxylic acids is 1. The molecule has 1 aromatic rings. The second-order valence-corrected chi connectivity index (χ2v) is 5.48. The average Bonchev–Trinajstić information content (AvgIpc) is 2.49. The van der Waals surface area contributed by atoms with Crippen molar-refractivity contribution >= 4 is 5.91 Å². The van der Waals surface area contributed by atoms with Crippen LogP contribution in [-0.2, 0) is 16.0 Å². The van der Waals surface area contributed by atoms with E-state index in [2.05, 4.69) is 22.8 Å². The monoisotopic (exact) mass is 291 g/mol. The Morgan fingerprint density at radius 3 is 2.95 bits per heavy atom. The zero-order valence-corrected chi connectivity index (χ0v) is 12.7. The number of carbonyl (C=O) groups is 1. The van der Waals surface area contributed by atoms with E-state index in [-0.39, 0.29) is 12.0 Å². The van der Waals surface area contributed by atoms with Crippen LogP contribution in [0.1, 0.15) is 5.56 Å². The second-order valence-electron chi connectivity index (χ2n) is 5.48. The Bertz CT molecular complexity index is 419. The van der Waals surface area contributed by atoms with Crippen molar-refractivity contribution in [3.05, 3.63) is 35.9 Å². The lowest BCUT2D eigenvalue weighted by Crippen LogP contribution is -2.46. The zero-order valence-electron chi connectivity index (χ0n) is 12.7. The summed E-state index contributed by atoms with van der Waals surface area (Å²) in [4.78, 5) is 13.9. The highest BCUT2D eigenvalue weighted by molar-refractivity contribution is 5.77. The van der Waals surface area contributed by atoms with Crippen LogP contribution in [0, 0.1) is 0 Å². The summed E-state index contributed by atoms with van der Waals surface area (Å²) in [6, 6.07) is 10.2. The highest BCUT2D eigenvalue weighted by Gasteiger charge is 2.16. The lowest BCUT2D eigenvalue weighted by molar-refractivity contribution is -0.122. The Hall–Kier alpha value is -1.43. The van der Waals surface area contributed by atoms with Crippen molar-refractivity contribution in [3.8, 4) is 0 Å². The van der Waals surface area contributed by atoms with Crippen LogP contribution in [0.15, 0.2) is 30.3 Å². The molecule has 0 spiro atoms. The van der Waals surface area contributed by atoms with Crippen molar-refractivity contribution in [3.63, 3.8) is 0 Å². The van der Waals surface area contributed by atoms with Gasteiger partial charge in [0.05, 0.1) is 19.3 Å². The number of likely N-dealkylation sites (N-methyl/N-ethyl adjacent to an activating group) is 1. The van der Waals surface area contributed by atoms with Crippen LogP contribution in [-0.4, -0.2) is 63.3 Å². The van der Waals surface area contributed by atoms with Gasteiger partial charge < -0.3 is 15.4 Å². The van der Waals surface area contributed by atoms with Gasteiger partial charge in [-0.15, -0.1) is 0 Å². The Morgan fingerprint density at radius 2 is 2.24 bits per heavy atom. The van der Waals surface area contributed by atoms with Crippen molar-refractivity contribution < 1.29 is 9.53 Å². The molecule has 2 rings (SSSR count). The quantitative estimate of drug-likeness (QED) is 0.757. The molecule has 116 valence electrons. The van der Waals surface area contributed by atoms with Crippen molar-refractivity contribution in [1.29, 1.82) is 0 Å². The molecule has 0 aromatic heterocycles. The summed E-state index contributed by atoms with van der Waals surface area (Å²) in [5, 5.41) is 6.26. The minimum Gasteiger partial charge on any atom is -0.374 e. The van der Waals surface area contributed by atoms with E-state index in [0.29, 0.717) is 13.1 Å². The Labute approximate surface area is 126 Å². The van der Waals surface area contributed by atoms with Gasteiger partial charge in [-0.05, 0) is 19.0 Å². The van der Waals surface area contributed by atoms with Crippen molar-refractivity contribution in [1.82, 2.24) is 15.5 Å². The van der Waals surface area contributed by atoms with Crippen LogP contribution in [0.5, 0.6) is 0 Å². The molecule has 1 fully saturated rings. The number of hydrogen-bond acceptors (Lipinski definition) is 4. The number of nitrogens with zero attached hydrogens (tertiary/aromatic N) is 1. The number of benzene rings is 1. The van der Waals surface area contributed by atoms with E-state index in [1.54, 1.807) is 0 Å². The van der Waals surface area contributed by atoms with Gasteiger partial charge in [-0.1, -0.05) is 30.3 Å². The molecule has 0 bridgehead atoms. The number of rotatable bonds is 7. The maximum Gasteiger partial charge on any atom is 0.234 e. The first-order valence-corrected chi connectivity index (χ1v) is 7.55. The molecule has 1 aliphatic heterocycles. The number of nitrogens with one attached hydrogen (secondary N) is 2. The smallest absolute Gasteiger partial charge is 0.234 e. The molecule has 21 heavy (non-hydrogen) atoms. The highest BCUT2D eigenvalue weighted by atomic mass is 16.5. The molecule has 1 unspecified atom stereocenters. The topological polar surface area (TPSA) is 53.6 Å². The van der Waals surface area contributed by atoms with Crippen molar-refractivity contribution in [2.24, 2.45) is 0 Å². The molecule has 1 aromatic carbocycles. The summed E-state index contributed by atoms with van der Waals surface area (Å²) < 4.78 is 5.63. The van der Waals surface area contributed by atoms with Gasteiger partial charge in [0.2, 0.25) is 5.91 Å². The van der Waals surface area contributed by atoms with Gasteiger partial charge in [0.15, 0.2) is 0 Å². The standard InChI is InChI=1S/C16H25N3O2/c1-19(12-15-11-17-9-10-21-15)13-16(20)18-8-7-14-5-3-2-4-6-14/h2-6,15,17H,7-13H2,1H3,(H,18,20). The van der Waals surface area contributed by atoms with E-state index in [1.807, 2.05) is 30.1 Å². The molecule has 1 aliphatic rings. The maximum absolute atomic E-state index is 11.9. The lowest BCUT2D eigenvalue weighted by atomic mass is 10.1. The van der Waals surface area contributed by atoms with Crippen LogP contribution in [0.2, 0.25) is 0 Å². The van der Waals surface area contributed by atoms with E-state index in [9.17, 15) is 4.79 Å². The molecule has 5 heteroatoms. The van der Waals surface area contributed by atoms with Gasteiger partial charge in [-0.3, -0.25) is 9.69 Å². The van der Waals surface area contributed by atoms with Gasteiger partial charge in [0, 0.05) is 26.2 Å². The first-order chi connectivity index (χ1) is 10.2. The number of morpholine rings is 1. The summed E-state index contributed by atoms with van der Waals surface area (Å²) in [6.07, 6.45) is 1.05. The third-order valence-corrected chi connectivity index (χ3v) is 3.51. The molecular weight excluding hydrogens is 266 g/mol. The van der Waals surface area contributed by atoms with Gasteiger partial charge in [-0.2, -0.15) is 0 Å². The third kappa shape index (κ3) is 6.25. The molecule has 5 nitrogen and oxygen atoms in total. The van der Waals surface area contributed by atoms with Gasteiger partial charge in [-0.25, -0.2) is 0 Å². The van der Waals surface area contributed by atoms with Crippen LogP contribution >= 0.6 is 0 Å². The van der Waals surface area contributed by atoms with Gasteiger partial charge in [0.25, 0.3) is 0 Å². The van der Waals surface area contributed by atoms with Gasteiger partial charge in [0.1, 0.15) is 0 Å². The number of hydrogen-bond donors (Lipinski definition) is 2. The fourth-order valence-corrected chi connectivity index (χ4v) is 2.44. The summed E-state index contributed by atoms with van der Waals surface area (Å²) in [5.74, 6) is 0.0669. The van der Waals surface area contributed by atoms with E-state index >= 15 is 0 Å². The summed E-state index contributed by atoms with van der Waals surface area (Å²) in [5.41, 5.74) is 1.24. The predicted molar refractivity (Wildman–Crippen MR) is 83.3 cm³/mol. The zero-order chi connectivity index (χ0) is 14.9. The molecule has 0 saturated carbocycles. The SMILES string of the molecule is CN(CC(=O)NCCc1ccccc1)CC1CNCCO1. The largest absolute Gasteiger partial charge is 0.374 e. The first-order valence-electron chi connectivity index (χ1n) is 7.55. The lowest BCUT2D eigenvalue weighted by Gasteiger charge is -2.27. The van der Waals surface area contributed by atoms with E-state index in [4.69, 9.17) is 4.74 Å². The Morgan fingerprint density at radius 1 is 1.43 bits per heavy atom.